The SMILES string of the molecule is CCc1cc2c(s1)-n1nc(C(N)=O)nc1C(OC)N=C2c1ccccc1Cl. The number of hydrogen-bond acceptors (Lipinski definition) is 6. The molecule has 9 heteroatoms. The van der Waals surface area contributed by atoms with Crippen LogP contribution in [0.5, 0.6) is 0 Å². The fraction of sp³-hybridized carbons (Fsp3) is 0.222. The summed E-state index contributed by atoms with van der Waals surface area (Å²) in [5, 5.41) is 5.70. The number of nitrogens with two attached hydrogens (primary N) is 1. The Balaban J connectivity index is 2.02. The van der Waals surface area contributed by atoms with Gasteiger partial charge in [0.1, 0.15) is 5.00 Å². The van der Waals surface area contributed by atoms with Gasteiger partial charge in [0.15, 0.2) is 5.82 Å². The number of primary amides is 1. The van der Waals surface area contributed by atoms with Crippen molar-refractivity contribution >= 4 is 34.6 Å². The Morgan fingerprint density at radius 2 is 2.15 bits per heavy atom. The normalized spacial score (nSPS) is 15.7. The molecule has 1 atom stereocenters. The van der Waals surface area contributed by atoms with Crippen molar-refractivity contribution in [1.82, 2.24) is 14.8 Å². The molecule has 1 amide bonds. The first kappa shape index (κ1) is 17.8. The molecule has 7 nitrogen and oxygen atoms in total. The highest BCUT2D eigenvalue weighted by Crippen LogP contribution is 2.36. The molecule has 0 spiro atoms. The summed E-state index contributed by atoms with van der Waals surface area (Å²) in [6, 6.07) is 9.58. The molecule has 0 fully saturated rings. The van der Waals surface area contributed by atoms with Gasteiger partial charge in [0.05, 0.1) is 5.71 Å². The molecule has 138 valence electrons. The zero-order chi connectivity index (χ0) is 19.1. The van der Waals surface area contributed by atoms with Crippen LogP contribution in [-0.2, 0) is 11.2 Å². The van der Waals surface area contributed by atoms with E-state index in [-0.39, 0.29) is 5.82 Å². The predicted molar refractivity (Wildman–Crippen MR) is 104 cm³/mol. The second-order valence-electron chi connectivity index (χ2n) is 5.90. The first-order valence-electron chi connectivity index (χ1n) is 8.29. The largest absolute Gasteiger partial charge is 0.363 e. The molecule has 1 aliphatic rings. The second kappa shape index (κ2) is 6.88. The van der Waals surface area contributed by atoms with Crippen LogP contribution in [0.1, 0.15) is 45.6 Å². The number of amides is 1. The molecule has 2 N–H and O–H groups in total. The van der Waals surface area contributed by atoms with Crippen LogP contribution in [0.3, 0.4) is 0 Å². The van der Waals surface area contributed by atoms with Crippen molar-refractivity contribution in [3.8, 4) is 5.00 Å². The zero-order valence-corrected chi connectivity index (χ0v) is 16.2. The maximum atomic E-state index is 11.6. The molecule has 1 aromatic carbocycles. The van der Waals surface area contributed by atoms with Crippen molar-refractivity contribution in [2.45, 2.75) is 19.6 Å². The molecule has 0 saturated carbocycles. The van der Waals surface area contributed by atoms with Crippen molar-refractivity contribution in [1.29, 1.82) is 0 Å². The first-order valence-corrected chi connectivity index (χ1v) is 9.48. The average molecular weight is 402 g/mol. The molecule has 0 aliphatic carbocycles. The number of nitrogens with zero attached hydrogens (tertiary/aromatic N) is 4. The van der Waals surface area contributed by atoms with E-state index in [2.05, 4.69) is 23.1 Å². The van der Waals surface area contributed by atoms with Crippen LogP contribution in [0, 0.1) is 0 Å². The van der Waals surface area contributed by atoms with Gasteiger partial charge in [-0.3, -0.25) is 4.79 Å². The molecule has 3 aromatic rings. The number of aryl methyl sites for hydroxylation is 1. The van der Waals surface area contributed by atoms with Gasteiger partial charge >= 0.3 is 0 Å². The summed E-state index contributed by atoms with van der Waals surface area (Å²) in [5.41, 5.74) is 7.74. The quantitative estimate of drug-likeness (QED) is 0.726. The van der Waals surface area contributed by atoms with Crippen molar-refractivity contribution in [3.63, 3.8) is 0 Å². The Bertz CT molecular complexity index is 1070. The molecule has 0 bridgehead atoms. The Morgan fingerprint density at radius 3 is 2.81 bits per heavy atom. The van der Waals surface area contributed by atoms with Crippen molar-refractivity contribution in [2.24, 2.45) is 10.7 Å². The van der Waals surface area contributed by atoms with Gasteiger partial charge in [0.2, 0.25) is 12.1 Å². The number of fused-ring (bicyclic) bond motifs is 3. The predicted octanol–water partition coefficient (Wildman–Crippen LogP) is 3.14. The number of aliphatic imine (C=N–C) groups is 1. The third kappa shape index (κ3) is 2.95. The van der Waals surface area contributed by atoms with Crippen LogP contribution in [-0.4, -0.2) is 33.5 Å². The number of ether oxygens (including phenoxy) is 1. The highest BCUT2D eigenvalue weighted by molar-refractivity contribution is 7.15. The maximum Gasteiger partial charge on any atom is 0.288 e. The van der Waals surface area contributed by atoms with Crippen molar-refractivity contribution < 1.29 is 9.53 Å². The van der Waals surface area contributed by atoms with Crippen LogP contribution in [0.4, 0.5) is 0 Å². The summed E-state index contributed by atoms with van der Waals surface area (Å²) in [7, 11) is 1.53. The number of carbonyl (C=O) groups excluding carboxylic acids is 1. The van der Waals surface area contributed by atoms with Gasteiger partial charge in [-0.2, -0.15) is 0 Å². The maximum absolute atomic E-state index is 11.6. The minimum Gasteiger partial charge on any atom is -0.363 e. The average Bonchev–Trinajstić information content (AvgIpc) is 3.26. The van der Waals surface area contributed by atoms with Crippen LogP contribution in [0.15, 0.2) is 35.3 Å². The van der Waals surface area contributed by atoms with E-state index in [0.29, 0.717) is 16.6 Å². The smallest absolute Gasteiger partial charge is 0.288 e. The Kier molecular flexibility index (Phi) is 4.55. The second-order valence-corrected chi connectivity index (χ2v) is 7.42. The fourth-order valence-electron chi connectivity index (χ4n) is 2.94. The van der Waals surface area contributed by atoms with Crippen LogP contribution < -0.4 is 5.73 Å². The molecular formula is C18H16ClN5O2S. The highest BCUT2D eigenvalue weighted by Gasteiger charge is 2.31. The van der Waals surface area contributed by atoms with Gasteiger partial charge in [-0.15, -0.1) is 16.4 Å². The lowest BCUT2D eigenvalue weighted by atomic mass is 10.0. The summed E-state index contributed by atoms with van der Waals surface area (Å²) in [6.07, 6.45) is 0.106. The molecular weight excluding hydrogens is 386 g/mol. The van der Waals surface area contributed by atoms with Gasteiger partial charge in [-0.1, -0.05) is 36.7 Å². The molecule has 4 rings (SSSR count). The van der Waals surface area contributed by atoms with E-state index < -0.39 is 12.1 Å². The van der Waals surface area contributed by atoms with Gasteiger partial charge in [0, 0.05) is 28.1 Å². The third-order valence-electron chi connectivity index (χ3n) is 4.23. The Labute approximate surface area is 164 Å². The third-order valence-corrected chi connectivity index (χ3v) is 5.82. The van der Waals surface area contributed by atoms with E-state index in [0.717, 1.165) is 27.4 Å². The van der Waals surface area contributed by atoms with Gasteiger partial charge in [-0.25, -0.2) is 14.7 Å². The number of halogens is 1. The Hall–Kier alpha value is -2.55. The number of hydrogen-bond donors (Lipinski definition) is 1. The minimum absolute atomic E-state index is 0.0687. The molecule has 1 aliphatic heterocycles. The summed E-state index contributed by atoms with van der Waals surface area (Å²) in [6.45, 7) is 2.08. The first-order chi connectivity index (χ1) is 13.0. The Morgan fingerprint density at radius 1 is 1.37 bits per heavy atom. The summed E-state index contributed by atoms with van der Waals surface area (Å²) >= 11 is 8.01. The summed E-state index contributed by atoms with van der Waals surface area (Å²) < 4.78 is 7.14. The summed E-state index contributed by atoms with van der Waals surface area (Å²) in [4.78, 5) is 21.8. The van der Waals surface area contributed by atoms with E-state index in [9.17, 15) is 4.79 Å². The van der Waals surface area contributed by atoms with E-state index in [1.54, 1.807) is 16.0 Å². The lowest BCUT2D eigenvalue weighted by Gasteiger charge is -2.10. The number of methoxy groups -OCH3 is 1. The molecule has 0 saturated heterocycles. The van der Waals surface area contributed by atoms with E-state index in [1.807, 2.05) is 24.3 Å². The number of benzene rings is 1. The summed E-state index contributed by atoms with van der Waals surface area (Å²) in [5.74, 6) is -0.366. The van der Waals surface area contributed by atoms with Crippen LogP contribution >= 0.6 is 22.9 Å². The molecule has 27 heavy (non-hydrogen) atoms. The molecule has 3 heterocycles. The monoisotopic (exact) mass is 401 g/mol. The number of thiophene rings is 1. The van der Waals surface area contributed by atoms with Crippen LogP contribution in [0.2, 0.25) is 5.02 Å². The highest BCUT2D eigenvalue weighted by atomic mass is 35.5. The van der Waals surface area contributed by atoms with Crippen molar-refractivity contribution in [2.75, 3.05) is 7.11 Å². The molecule has 2 aromatic heterocycles. The van der Waals surface area contributed by atoms with Crippen molar-refractivity contribution in [3.05, 3.63) is 63.0 Å². The van der Waals surface area contributed by atoms with E-state index >= 15 is 0 Å². The topological polar surface area (TPSA) is 95.4 Å². The molecule has 0 radical (unpaired) electrons. The van der Waals surface area contributed by atoms with E-state index in [1.165, 1.54) is 7.11 Å². The van der Waals surface area contributed by atoms with Crippen LogP contribution in [0.25, 0.3) is 5.00 Å². The van der Waals surface area contributed by atoms with E-state index in [4.69, 9.17) is 27.1 Å². The lowest BCUT2D eigenvalue weighted by Crippen LogP contribution is -2.14. The van der Waals surface area contributed by atoms with Gasteiger partial charge in [0.25, 0.3) is 5.91 Å². The zero-order valence-electron chi connectivity index (χ0n) is 14.6. The van der Waals surface area contributed by atoms with Gasteiger partial charge in [-0.05, 0) is 18.6 Å². The lowest BCUT2D eigenvalue weighted by molar-refractivity contribution is 0.0985. The fourth-order valence-corrected chi connectivity index (χ4v) is 4.22. The number of rotatable bonds is 4. The minimum atomic E-state index is -0.749. The number of carbonyl (C=O) groups is 1. The number of aromatic nitrogens is 3. The van der Waals surface area contributed by atoms with Gasteiger partial charge < -0.3 is 10.5 Å². The standard InChI is InChI=1S/C18H16ClN5O2S/c1-3-9-8-11-13(10-6-4-5-7-12(10)19)21-17(26-2)16-22-15(14(20)25)23-24(16)18(11)27-9/h4-8,17H,3H2,1-2H3,(H2,20,25). The molecule has 1 unspecified atom stereocenters.